The minimum Gasteiger partial charge on any atom is -0.494 e. The molecule has 0 atom stereocenters. The van der Waals surface area contributed by atoms with Gasteiger partial charge in [-0.3, -0.25) is 4.99 Å². The van der Waals surface area contributed by atoms with E-state index in [4.69, 9.17) is 15.2 Å². The van der Waals surface area contributed by atoms with Crippen LogP contribution in [0.2, 0.25) is 0 Å². The Morgan fingerprint density at radius 2 is 1.82 bits per heavy atom. The Morgan fingerprint density at radius 3 is 2.54 bits per heavy atom. The average molecular weight is 504 g/mol. The van der Waals surface area contributed by atoms with Gasteiger partial charge in [-0.05, 0) is 71.3 Å². The molecule has 0 radical (unpaired) electrons. The van der Waals surface area contributed by atoms with E-state index in [0.717, 1.165) is 30.2 Å². The molecule has 0 unspecified atom stereocenters. The Kier molecular flexibility index (Phi) is 13.1. The Hall–Kier alpha value is -1.22. The van der Waals surface area contributed by atoms with Gasteiger partial charge in [0.1, 0.15) is 11.5 Å². The summed E-state index contributed by atoms with van der Waals surface area (Å²) in [4.78, 5) is 7.04. The van der Waals surface area contributed by atoms with E-state index in [-0.39, 0.29) is 24.0 Å². The number of rotatable bonds is 11. The highest BCUT2D eigenvalue weighted by atomic mass is 127. The highest BCUT2D eigenvalue weighted by Gasteiger charge is 2.09. The fraction of sp³-hybridized carbons (Fsp3) is 0.667. The van der Waals surface area contributed by atoms with Crippen molar-refractivity contribution in [2.24, 2.45) is 10.7 Å². The van der Waals surface area contributed by atoms with Gasteiger partial charge in [-0.15, -0.1) is 24.0 Å². The topological polar surface area (TPSA) is 72.1 Å². The van der Waals surface area contributed by atoms with Crippen LogP contribution in [-0.2, 0) is 0 Å². The number of nitrogens with two attached hydrogens (primary N) is 1. The van der Waals surface area contributed by atoms with Crippen molar-refractivity contribution in [1.82, 2.24) is 4.90 Å². The van der Waals surface area contributed by atoms with E-state index in [9.17, 15) is 0 Å². The summed E-state index contributed by atoms with van der Waals surface area (Å²) < 4.78 is 11.2. The number of anilines is 1. The van der Waals surface area contributed by atoms with E-state index in [0.29, 0.717) is 19.2 Å². The summed E-state index contributed by atoms with van der Waals surface area (Å²) in [7, 11) is 0. The summed E-state index contributed by atoms with van der Waals surface area (Å²) in [6.45, 7) is 9.65. The maximum atomic E-state index is 6.06. The molecule has 1 aromatic carbocycles. The van der Waals surface area contributed by atoms with Gasteiger partial charge in [0, 0.05) is 12.6 Å². The Labute approximate surface area is 187 Å². The smallest absolute Gasteiger partial charge is 0.193 e. The number of hydrogen-bond donors (Lipinski definition) is 2. The number of benzene rings is 1. The maximum Gasteiger partial charge on any atom is 0.193 e. The van der Waals surface area contributed by atoms with Gasteiger partial charge in [-0.1, -0.05) is 12.8 Å². The summed E-state index contributed by atoms with van der Waals surface area (Å²) in [6.07, 6.45) is 7.62. The minimum atomic E-state index is 0. The highest BCUT2D eigenvalue weighted by Crippen LogP contribution is 2.29. The fourth-order valence-electron chi connectivity index (χ4n) is 3.33. The third kappa shape index (κ3) is 9.32. The molecule has 1 saturated heterocycles. The summed E-state index contributed by atoms with van der Waals surface area (Å²) in [6, 6.07) is 5.69. The van der Waals surface area contributed by atoms with Gasteiger partial charge >= 0.3 is 0 Å². The molecule has 0 bridgehead atoms. The Bertz CT molecular complexity index is 578. The first-order valence-corrected chi connectivity index (χ1v) is 10.4. The zero-order valence-electron chi connectivity index (χ0n) is 17.4. The number of unbranched alkanes of at least 4 members (excludes halogenated alkanes) is 2. The van der Waals surface area contributed by atoms with E-state index < -0.39 is 0 Å². The van der Waals surface area contributed by atoms with E-state index >= 15 is 0 Å². The Balaban J connectivity index is 0.00000392. The van der Waals surface area contributed by atoms with Crippen molar-refractivity contribution in [3.8, 4) is 11.5 Å². The van der Waals surface area contributed by atoms with Crippen LogP contribution in [0.3, 0.4) is 0 Å². The molecule has 0 amide bonds. The van der Waals surface area contributed by atoms with Gasteiger partial charge < -0.3 is 25.4 Å². The summed E-state index contributed by atoms with van der Waals surface area (Å²) in [5, 5.41) is 3.15. The first-order chi connectivity index (χ1) is 13.2. The highest BCUT2D eigenvalue weighted by molar-refractivity contribution is 14.0. The van der Waals surface area contributed by atoms with Crippen molar-refractivity contribution in [3.05, 3.63) is 18.2 Å². The molecule has 0 saturated carbocycles. The second kappa shape index (κ2) is 14.7. The lowest BCUT2D eigenvalue weighted by molar-refractivity contribution is 0.224. The SMILES string of the molecule is CCOc1ccc(OCC)c(NC(N)=NCCCCCN2CCCCC2)c1.I. The van der Waals surface area contributed by atoms with Crippen molar-refractivity contribution >= 4 is 35.6 Å². The van der Waals surface area contributed by atoms with Crippen LogP contribution in [0.1, 0.15) is 52.4 Å². The molecule has 7 heteroatoms. The maximum absolute atomic E-state index is 6.06. The van der Waals surface area contributed by atoms with Gasteiger partial charge in [-0.25, -0.2) is 0 Å². The first-order valence-electron chi connectivity index (χ1n) is 10.4. The average Bonchev–Trinajstić information content (AvgIpc) is 2.68. The molecule has 160 valence electrons. The molecular formula is C21H37IN4O2. The number of nitrogens with one attached hydrogen (secondary N) is 1. The lowest BCUT2D eigenvalue weighted by Crippen LogP contribution is -2.30. The number of aliphatic imine (C=N–C) groups is 1. The van der Waals surface area contributed by atoms with Crippen molar-refractivity contribution < 1.29 is 9.47 Å². The molecule has 0 aliphatic carbocycles. The molecule has 0 spiro atoms. The van der Waals surface area contributed by atoms with Crippen molar-refractivity contribution in [1.29, 1.82) is 0 Å². The van der Waals surface area contributed by atoms with Crippen molar-refractivity contribution in [2.45, 2.75) is 52.4 Å². The second-order valence-corrected chi connectivity index (χ2v) is 6.88. The molecule has 1 heterocycles. The van der Waals surface area contributed by atoms with Crippen LogP contribution >= 0.6 is 24.0 Å². The minimum absolute atomic E-state index is 0. The van der Waals surface area contributed by atoms with E-state index in [2.05, 4.69) is 15.2 Å². The molecule has 3 N–H and O–H groups in total. The standard InChI is InChI=1S/C21H36N4O2.HI/c1-3-26-18-11-12-20(27-4-2)19(17-18)24-21(22)23-13-7-5-8-14-25-15-9-6-10-16-25;/h11-12,17H,3-10,13-16H2,1-2H3,(H3,22,23,24);1H. The van der Waals surface area contributed by atoms with E-state index in [1.807, 2.05) is 32.0 Å². The number of ether oxygens (including phenoxy) is 2. The van der Waals surface area contributed by atoms with Gasteiger partial charge in [0.15, 0.2) is 5.96 Å². The molecule has 0 aromatic heterocycles. The third-order valence-electron chi connectivity index (χ3n) is 4.69. The lowest BCUT2D eigenvalue weighted by atomic mass is 10.1. The zero-order valence-corrected chi connectivity index (χ0v) is 19.7. The summed E-state index contributed by atoms with van der Waals surface area (Å²) in [5.74, 6) is 1.95. The molecule has 6 nitrogen and oxygen atoms in total. The van der Waals surface area contributed by atoms with Gasteiger partial charge in [0.25, 0.3) is 0 Å². The van der Waals surface area contributed by atoms with Gasteiger partial charge in [0.2, 0.25) is 0 Å². The monoisotopic (exact) mass is 504 g/mol. The van der Waals surface area contributed by atoms with Crippen LogP contribution in [-0.4, -0.2) is 50.3 Å². The molecule has 1 aliphatic heterocycles. The van der Waals surface area contributed by atoms with Crippen LogP contribution in [0.25, 0.3) is 0 Å². The predicted molar refractivity (Wildman–Crippen MR) is 128 cm³/mol. The molecule has 1 fully saturated rings. The second-order valence-electron chi connectivity index (χ2n) is 6.88. The normalized spacial score (nSPS) is 15.0. The van der Waals surface area contributed by atoms with Crippen LogP contribution in [0.4, 0.5) is 5.69 Å². The first kappa shape index (κ1) is 24.8. The third-order valence-corrected chi connectivity index (χ3v) is 4.69. The fourth-order valence-corrected chi connectivity index (χ4v) is 3.33. The largest absolute Gasteiger partial charge is 0.494 e. The van der Waals surface area contributed by atoms with Crippen molar-refractivity contribution in [3.63, 3.8) is 0 Å². The molecular weight excluding hydrogens is 467 g/mol. The quantitative estimate of drug-likeness (QED) is 0.201. The van der Waals surface area contributed by atoms with Gasteiger partial charge in [-0.2, -0.15) is 0 Å². The van der Waals surface area contributed by atoms with Crippen LogP contribution in [0.5, 0.6) is 11.5 Å². The van der Waals surface area contributed by atoms with Crippen LogP contribution in [0, 0.1) is 0 Å². The molecule has 1 aliphatic rings. The Morgan fingerprint density at radius 1 is 1.07 bits per heavy atom. The summed E-state index contributed by atoms with van der Waals surface area (Å²) in [5.41, 5.74) is 6.85. The van der Waals surface area contributed by atoms with E-state index in [1.165, 1.54) is 51.7 Å². The number of halogens is 1. The van der Waals surface area contributed by atoms with Gasteiger partial charge in [0.05, 0.1) is 18.9 Å². The number of guanidine groups is 1. The van der Waals surface area contributed by atoms with Crippen molar-refractivity contribution in [2.75, 3.05) is 44.7 Å². The molecule has 1 aromatic rings. The number of piperidine rings is 1. The molecule has 28 heavy (non-hydrogen) atoms. The predicted octanol–water partition coefficient (Wildman–Crippen LogP) is 4.48. The van der Waals surface area contributed by atoms with E-state index in [1.54, 1.807) is 0 Å². The summed E-state index contributed by atoms with van der Waals surface area (Å²) >= 11 is 0. The number of nitrogens with zero attached hydrogens (tertiary/aromatic N) is 2. The zero-order chi connectivity index (χ0) is 19.3. The lowest BCUT2D eigenvalue weighted by Gasteiger charge is -2.26. The van der Waals surface area contributed by atoms with Crippen LogP contribution in [0.15, 0.2) is 23.2 Å². The molecule has 2 rings (SSSR count). The number of hydrogen-bond acceptors (Lipinski definition) is 4. The van der Waals surface area contributed by atoms with Crippen LogP contribution < -0.4 is 20.5 Å². The number of likely N-dealkylation sites (tertiary alicyclic amines) is 1.